The molecule has 0 saturated heterocycles. The van der Waals surface area contributed by atoms with E-state index in [4.69, 9.17) is 4.74 Å². The van der Waals surface area contributed by atoms with Gasteiger partial charge in [-0.3, -0.25) is 0 Å². The highest BCUT2D eigenvalue weighted by Gasteiger charge is 2.22. The molecule has 94 valence electrons. The first-order chi connectivity index (χ1) is 7.79. The lowest BCUT2D eigenvalue weighted by Crippen LogP contribution is -2.27. The van der Waals surface area contributed by atoms with Gasteiger partial charge in [0.15, 0.2) is 0 Å². The van der Waals surface area contributed by atoms with Crippen LogP contribution < -0.4 is 0 Å². The van der Waals surface area contributed by atoms with Crippen LogP contribution in [0.15, 0.2) is 22.4 Å². The van der Waals surface area contributed by atoms with Crippen molar-refractivity contribution in [1.29, 1.82) is 0 Å². The summed E-state index contributed by atoms with van der Waals surface area (Å²) in [6.07, 6.45) is 0.819. The summed E-state index contributed by atoms with van der Waals surface area (Å²) in [6, 6.07) is 1.89. The Morgan fingerprint density at radius 1 is 1.53 bits per heavy atom. The lowest BCUT2D eigenvalue weighted by atomic mass is 10.1. The zero-order valence-electron chi connectivity index (χ0n) is 10.6. The standard InChI is InChI=1S/C13H18O3S/c1-9(14)11(7-10-5-6-17-8-10)12(15)16-13(2,3)4/h5-9,14H,1-4H3/b11-7-/t9-/m0/s1. The van der Waals surface area contributed by atoms with E-state index in [2.05, 4.69) is 0 Å². The second-order valence-corrected chi connectivity index (χ2v) is 5.61. The predicted octanol–water partition coefficient (Wildman–Crippen LogP) is 2.85. The van der Waals surface area contributed by atoms with Crippen LogP contribution in [0.5, 0.6) is 0 Å². The lowest BCUT2D eigenvalue weighted by molar-refractivity contribution is -0.150. The number of rotatable bonds is 3. The highest BCUT2D eigenvalue weighted by atomic mass is 32.1. The van der Waals surface area contributed by atoms with Gasteiger partial charge < -0.3 is 9.84 Å². The van der Waals surface area contributed by atoms with E-state index < -0.39 is 17.7 Å². The molecule has 0 saturated carbocycles. The average molecular weight is 254 g/mol. The molecule has 1 aromatic rings. The van der Waals surface area contributed by atoms with Crippen LogP contribution in [0, 0.1) is 0 Å². The van der Waals surface area contributed by atoms with Crippen LogP contribution >= 0.6 is 11.3 Å². The zero-order valence-corrected chi connectivity index (χ0v) is 11.4. The van der Waals surface area contributed by atoms with Gasteiger partial charge in [-0.1, -0.05) is 0 Å². The lowest BCUT2D eigenvalue weighted by Gasteiger charge is -2.21. The van der Waals surface area contributed by atoms with E-state index in [1.807, 2.05) is 16.8 Å². The van der Waals surface area contributed by atoms with Crippen molar-refractivity contribution in [3.8, 4) is 0 Å². The van der Waals surface area contributed by atoms with Gasteiger partial charge in [0, 0.05) is 0 Å². The summed E-state index contributed by atoms with van der Waals surface area (Å²) in [5.74, 6) is -0.473. The number of carbonyl (C=O) groups excluding carboxylic acids is 1. The Hall–Kier alpha value is -1.13. The molecule has 3 nitrogen and oxygen atoms in total. The van der Waals surface area contributed by atoms with E-state index in [0.717, 1.165) is 5.56 Å². The van der Waals surface area contributed by atoms with Crippen molar-refractivity contribution in [3.05, 3.63) is 28.0 Å². The third-order valence-electron chi connectivity index (χ3n) is 1.95. The monoisotopic (exact) mass is 254 g/mol. The highest BCUT2D eigenvalue weighted by Crippen LogP contribution is 2.17. The number of aliphatic hydroxyl groups excluding tert-OH is 1. The van der Waals surface area contributed by atoms with Crippen molar-refractivity contribution in [2.24, 2.45) is 0 Å². The Labute approximate surface area is 106 Å². The van der Waals surface area contributed by atoms with Crippen LogP contribution in [0.25, 0.3) is 6.08 Å². The molecule has 1 aromatic heterocycles. The molecule has 0 radical (unpaired) electrons. The predicted molar refractivity (Wildman–Crippen MR) is 69.8 cm³/mol. The van der Waals surface area contributed by atoms with E-state index in [-0.39, 0.29) is 5.57 Å². The van der Waals surface area contributed by atoms with Gasteiger partial charge in [0.25, 0.3) is 0 Å². The molecule has 0 aliphatic carbocycles. The maximum Gasteiger partial charge on any atom is 0.337 e. The molecule has 1 rings (SSSR count). The molecule has 0 bridgehead atoms. The number of hydrogen-bond acceptors (Lipinski definition) is 4. The number of thiophene rings is 1. The fourth-order valence-corrected chi connectivity index (χ4v) is 1.84. The molecule has 17 heavy (non-hydrogen) atoms. The Morgan fingerprint density at radius 3 is 2.59 bits per heavy atom. The fraction of sp³-hybridized carbons (Fsp3) is 0.462. The van der Waals surface area contributed by atoms with E-state index in [1.54, 1.807) is 33.8 Å². The largest absolute Gasteiger partial charge is 0.457 e. The molecule has 1 atom stereocenters. The number of esters is 1. The van der Waals surface area contributed by atoms with Crippen molar-refractivity contribution in [2.75, 3.05) is 0 Å². The smallest absolute Gasteiger partial charge is 0.337 e. The minimum atomic E-state index is -0.843. The topological polar surface area (TPSA) is 46.5 Å². The van der Waals surface area contributed by atoms with Crippen molar-refractivity contribution in [2.45, 2.75) is 39.4 Å². The maximum atomic E-state index is 11.9. The SMILES string of the molecule is C[C@H](O)/C(=C/c1ccsc1)C(=O)OC(C)(C)C. The van der Waals surface area contributed by atoms with Gasteiger partial charge in [0.05, 0.1) is 11.7 Å². The summed E-state index contributed by atoms with van der Waals surface area (Å²) in [7, 11) is 0. The Kier molecular flexibility index (Phi) is 4.48. The van der Waals surface area contributed by atoms with Gasteiger partial charge in [-0.25, -0.2) is 4.79 Å². The van der Waals surface area contributed by atoms with E-state index >= 15 is 0 Å². The second-order valence-electron chi connectivity index (χ2n) is 4.83. The first-order valence-corrected chi connectivity index (χ1v) is 6.39. The Balaban J connectivity index is 2.91. The molecule has 0 amide bonds. The summed E-state index contributed by atoms with van der Waals surface area (Å²) in [5.41, 5.74) is 0.620. The number of carbonyl (C=O) groups is 1. The van der Waals surface area contributed by atoms with Gasteiger partial charge in [0.2, 0.25) is 0 Å². The molecule has 1 heterocycles. The minimum absolute atomic E-state index is 0.276. The maximum absolute atomic E-state index is 11.9. The summed E-state index contributed by atoms with van der Waals surface area (Å²) in [5, 5.41) is 13.4. The minimum Gasteiger partial charge on any atom is -0.457 e. The quantitative estimate of drug-likeness (QED) is 0.666. The summed E-state index contributed by atoms with van der Waals surface area (Å²) >= 11 is 1.54. The molecule has 0 aliphatic rings. The molecule has 0 aromatic carbocycles. The normalized spacial score (nSPS) is 14.5. The van der Waals surface area contributed by atoms with Crippen LogP contribution in [-0.4, -0.2) is 22.8 Å². The molecule has 1 N–H and O–H groups in total. The van der Waals surface area contributed by atoms with Gasteiger partial charge in [-0.05, 0) is 56.2 Å². The van der Waals surface area contributed by atoms with E-state index in [0.29, 0.717) is 0 Å². The van der Waals surface area contributed by atoms with Gasteiger partial charge in [0.1, 0.15) is 5.60 Å². The third kappa shape index (κ3) is 4.71. The van der Waals surface area contributed by atoms with Crippen molar-refractivity contribution in [3.63, 3.8) is 0 Å². The van der Waals surface area contributed by atoms with E-state index in [9.17, 15) is 9.90 Å². The molecule has 4 heteroatoms. The Bertz CT molecular complexity index is 397. The van der Waals surface area contributed by atoms with Crippen LogP contribution in [-0.2, 0) is 9.53 Å². The second kappa shape index (κ2) is 5.47. The molecular weight excluding hydrogens is 236 g/mol. The van der Waals surface area contributed by atoms with Crippen molar-refractivity contribution < 1.29 is 14.6 Å². The van der Waals surface area contributed by atoms with Gasteiger partial charge in [-0.15, -0.1) is 0 Å². The van der Waals surface area contributed by atoms with Crippen LogP contribution in [0.3, 0.4) is 0 Å². The first-order valence-electron chi connectivity index (χ1n) is 5.45. The number of aliphatic hydroxyl groups is 1. The van der Waals surface area contributed by atoms with E-state index in [1.165, 1.54) is 11.3 Å². The third-order valence-corrected chi connectivity index (χ3v) is 2.65. The highest BCUT2D eigenvalue weighted by molar-refractivity contribution is 7.08. The fourth-order valence-electron chi connectivity index (χ4n) is 1.22. The van der Waals surface area contributed by atoms with Crippen LogP contribution in [0.2, 0.25) is 0 Å². The molecular formula is C13H18O3S. The summed E-state index contributed by atoms with van der Waals surface area (Å²) in [6.45, 7) is 6.96. The van der Waals surface area contributed by atoms with Crippen molar-refractivity contribution >= 4 is 23.4 Å². The first kappa shape index (κ1) is 13.9. The molecule has 0 fully saturated rings. The van der Waals surface area contributed by atoms with Gasteiger partial charge >= 0.3 is 5.97 Å². The summed E-state index contributed by atoms with van der Waals surface area (Å²) in [4.78, 5) is 11.9. The van der Waals surface area contributed by atoms with Crippen LogP contribution in [0.1, 0.15) is 33.3 Å². The van der Waals surface area contributed by atoms with Crippen LogP contribution in [0.4, 0.5) is 0 Å². The van der Waals surface area contributed by atoms with Crippen molar-refractivity contribution in [1.82, 2.24) is 0 Å². The Morgan fingerprint density at radius 2 is 2.18 bits per heavy atom. The number of ether oxygens (including phenoxy) is 1. The molecule has 0 unspecified atom stereocenters. The van der Waals surface area contributed by atoms with Gasteiger partial charge in [-0.2, -0.15) is 11.3 Å². The summed E-state index contributed by atoms with van der Waals surface area (Å²) < 4.78 is 5.25. The number of hydrogen-bond donors (Lipinski definition) is 1. The molecule has 0 spiro atoms. The average Bonchev–Trinajstić information content (AvgIpc) is 2.62. The molecule has 0 aliphatic heterocycles. The zero-order chi connectivity index (χ0) is 13.1.